The number of pyridine rings is 1. The molecule has 3 rings (SSSR count). The van der Waals surface area contributed by atoms with E-state index >= 15 is 0 Å². The van der Waals surface area contributed by atoms with Crippen molar-refractivity contribution in [3.05, 3.63) is 65.9 Å². The molecule has 8 nitrogen and oxygen atoms in total. The number of piperazine rings is 1. The first kappa shape index (κ1) is 36.8. The van der Waals surface area contributed by atoms with Crippen LogP contribution in [0.4, 0.5) is 5.82 Å². The molecule has 1 saturated heterocycles. The first-order chi connectivity index (χ1) is 21.9. The van der Waals surface area contributed by atoms with Crippen LogP contribution in [0.5, 0.6) is 0 Å². The van der Waals surface area contributed by atoms with Crippen molar-refractivity contribution in [3.63, 3.8) is 0 Å². The Hall–Kier alpha value is -3.68. The first-order valence-electron chi connectivity index (χ1n) is 17.1. The van der Waals surface area contributed by atoms with Crippen molar-refractivity contribution < 1.29 is 24.6 Å². The third-order valence-corrected chi connectivity index (χ3v) is 9.35. The number of aliphatic carboxylic acids is 2. The summed E-state index contributed by atoms with van der Waals surface area (Å²) in [6, 6.07) is 14.0. The second-order valence-corrected chi connectivity index (χ2v) is 14.0. The number of aromatic nitrogens is 1. The number of nitrogens with zero attached hydrogens (tertiary/aromatic N) is 3. The van der Waals surface area contributed by atoms with Gasteiger partial charge in [-0.2, -0.15) is 0 Å². The van der Waals surface area contributed by atoms with Gasteiger partial charge in [-0.15, -0.1) is 0 Å². The average Bonchev–Trinajstić information content (AvgIpc) is 3.05. The van der Waals surface area contributed by atoms with Crippen molar-refractivity contribution in [2.75, 3.05) is 31.1 Å². The second-order valence-electron chi connectivity index (χ2n) is 14.0. The molecule has 1 aromatic carbocycles. The van der Waals surface area contributed by atoms with Gasteiger partial charge in [0.1, 0.15) is 5.82 Å². The molecule has 1 aromatic heterocycles. The number of allylic oxidation sites excluding steroid dienone is 2. The molecule has 2 N–H and O–H groups in total. The second kappa shape index (κ2) is 17.9. The Balaban J connectivity index is 1.54. The maximum Gasteiger partial charge on any atom is 0.309 e. The maximum atomic E-state index is 13.3. The lowest BCUT2D eigenvalue weighted by atomic mass is 9.87. The summed E-state index contributed by atoms with van der Waals surface area (Å²) in [7, 11) is 0. The van der Waals surface area contributed by atoms with Crippen molar-refractivity contribution in [3.8, 4) is 0 Å². The number of anilines is 1. The zero-order chi connectivity index (χ0) is 33.6. The molecule has 1 amide bonds. The number of hydrogen-bond donors (Lipinski definition) is 2. The van der Waals surface area contributed by atoms with Gasteiger partial charge in [-0.1, -0.05) is 62.8 Å². The summed E-state index contributed by atoms with van der Waals surface area (Å²) in [5, 5.41) is 18.7. The fraction of sp³-hybridized carbons (Fsp3) is 0.579. The summed E-state index contributed by atoms with van der Waals surface area (Å²) in [5.74, 6) is -0.462. The lowest BCUT2D eigenvalue weighted by Crippen LogP contribution is -2.49. The number of amides is 1. The van der Waals surface area contributed by atoms with Crippen molar-refractivity contribution in [1.82, 2.24) is 9.88 Å². The number of hydrogen-bond acceptors (Lipinski definition) is 5. The third kappa shape index (κ3) is 11.6. The summed E-state index contributed by atoms with van der Waals surface area (Å²) < 4.78 is 0. The zero-order valence-electron chi connectivity index (χ0n) is 28.5. The zero-order valence-corrected chi connectivity index (χ0v) is 28.5. The van der Waals surface area contributed by atoms with Crippen LogP contribution in [-0.2, 0) is 9.59 Å². The molecule has 0 saturated carbocycles. The van der Waals surface area contributed by atoms with Gasteiger partial charge >= 0.3 is 11.9 Å². The van der Waals surface area contributed by atoms with Gasteiger partial charge < -0.3 is 20.0 Å². The normalized spacial score (nSPS) is 14.4. The Morgan fingerprint density at radius 3 is 1.80 bits per heavy atom. The van der Waals surface area contributed by atoms with Gasteiger partial charge in [-0.25, -0.2) is 4.98 Å². The largest absolute Gasteiger partial charge is 0.481 e. The quantitative estimate of drug-likeness (QED) is 0.150. The summed E-state index contributed by atoms with van der Waals surface area (Å²) >= 11 is 0. The number of unbranched alkanes of at least 4 members (excludes halogenated alkanes) is 7. The van der Waals surface area contributed by atoms with Crippen LogP contribution in [0.2, 0.25) is 0 Å². The molecule has 1 aliphatic heterocycles. The molecule has 0 bridgehead atoms. The highest BCUT2D eigenvalue weighted by Gasteiger charge is 2.27. The Bertz CT molecular complexity index is 1280. The molecule has 2 heterocycles. The van der Waals surface area contributed by atoms with Crippen LogP contribution in [0.25, 0.3) is 5.57 Å². The van der Waals surface area contributed by atoms with Crippen LogP contribution >= 0.6 is 0 Å². The van der Waals surface area contributed by atoms with E-state index in [1.165, 1.54) is 5.57 Å². The lowest BCUT2D eigenvalue weighted by Gasteiger charge is -2.35. The highest BCUT2D eigenvalue weighted by Crippen LogP contribution is 2.28. The van der Waals surface area contributed by atoms with E-state index in [0.29, 0.717) is 31.5 Å². The summed E-state index contributed by atoms with van der Waals surface area (Å²) in [6.45, 7) is 10.0. The lowest BCUT2D eigenvalue weighted by molar-refractivity contribution is -0.148. The summed E-state index contributed by atoms with van der Waals surface area (Å²) in [4.78, 5) is 44.7. The molecule has 1 fully saturated rings. The Morgan fingerprint density at radius 1 is 0.717 bits per heavy atom. The molecule has 0 spiro atoms. The molecule has 8 heteroatoms. The summed E-state index contributed by atoms with van der Waals surface area (Å²) in [6.07, 6.45) is 15.5. The van der Waals surface area contributed by atoms with Gasteiger partial charge in [-0.3, -0.25) is 14.4 Å². The SMILES string of the molecule is CC(C)(CCCCCC/C=C(/CCCCCCC(C)(C)C(=O)O)c1ccc(C(=O)N2CCN(c3ccccn3)CC2)cc1)C(=O)O. The van der Waals surface area contributed by atoms with Crippen molar-refractivity contribution in [2.45, 2.75) is 105 Å². The molecule has 0 aliphatic carbocycles. The van der Waals surface area contributed by atoms with Gasteiger partial charge in [0.2, 0.25) is 0 Å². The molecule has 2 aromatic rings. The maximum absolute atomic E-state index is 13.3. The Kier molecular flexibility index (Phi) is 14.3. The van der Waals surface area contributed by atoms with E-state index in [1.807, 2.05) is 35.2 Å². The highest BCUT2D eigenvalue weighted by molar-refractivity contribution is 5.94. The molecular formula is C38H55N3O5. The van der Waals surface area contributed by atoms with Crippen molar-refractivity contribution >= 4 is 29.2 Å². The predicted molar refractivity (Wildman–Crippen MR) is 185 cm³/mol. The minimum Gasteiger partial charge on any atom is -0.481 e. The van der Waals surface area contributed by atoms with Gasteiger partial charge in [-0.05, 0) is 102 Å². The predicted octanol–water partition coefficient (Wildman–Crippen LogP) is 8.33. The first-order valence-corrected chi connectivity index (χ1v) is 17.1. The number of carbonyl (C=O) groups is 3. The standard InChI is InChI=1S/C38H55N3O5/c1-37(2,35(43)44)23-13-8-5-6-10-16-30(17-11-7-9-14-24-38(3,4)36(45)46)31-19-21-32(22-20-31)34(42)41-28-26-40(27-29-41)33-18-12-15-25-39-33/h12,15-16,18-22,25H,5-11,13-14,17,23-24,26-29H2,1-4H3,(H,43,44)(H,45,46)/b30-16-. The topological polar surface area (TPSA) is 111 Å². The minimum absolute atomic E-state index is 0.0631. The monoisotopic (exact) mass is 633 g/mol. The van der Waals surface area contributed by atoms with Crippen LogP contribution < -0.4 is 4.90 Å². The summed E-state index contributed by atoms with van der Waals surface area (Å²) in [5.41, 5.74) is 1.80. The number of carbonyl (C=O) groups excluding carboxylic acids is 1. The molecule has 46 heavy (non-hydrogen) atoms. The molecule has 1 aliphatic rings. The van der Waals surface area contributed by atoms with E-state index in [9.17, 15) is 24.6 Å². The van der Waals surface area contributed by atoms with E-state index < -0.39 is 22.8 Å². The van der Waals surface area contributed by atoms with E-state index in [0.717, 1.165) is 88.7 Å². The number of rotatable bonds is 19. The fourth-order valence-corrected chi connectivity index (χ4v) is 5.84. The van der Waals surface area contributed by atoms with Gasteiger partial charge in [0.05, 0.1) is 10.8 Å². The van der Waals surface area contributed by atoms with Crippen LogP contribution in [-0.4, -0.2) is 64.1 Å². The van der Waals surface area contributed by atoms with E-state index in [4.69, 9.17) is 0 Å². The van der Waals surface area contributed by atoms with Crippen molar-refractivity contribution in [2.24, 2.45) is 10.8 Å². The minimum atomic E-state index is -0.739. The molecule has 0 atom stereocenters. The Labute approximate surface area is 275 Å². The molecule has 0 unspecified atom stereocenters. The van der Waals surface area contributed by atoms with E-state index in [2.05, 4.69) is 28.1 Å². The highest BCUT2D eigenvalue weighted by atomic mass is 16.4. The molecular weight excluding hydrogens is 578 g/mol. The number of carboxylic acid groups (broad SMARTS) is 2. The van der Waals surface area contributed by atoms with E-state index in [-0.39, 0.29) is 5.91 Å². The number of benzene rings is 1. The van der Waals surface area contributed by atoms with Crippen LogP contribution in [0.3, 0.4) is 0 Å². The smallest absolute Gasteiger partial charge is 0.309 e. The molecule has 0 radical (unpaired) electrons. The average molecular weight is 634 g/mol. The fourth-order valence-electron chi connectivity index (χ4n) is 5.84. The van der Waals surface area contributed by atoms with Crippen molar-refractivity contribution in [1.29, 1.82) is 0 Å². The van der Waals surface area contributed by atoms with Gasteiger partial charge in [0.25, 0.3) is 5.91 Å². The molecule has 252 valence electrons. The third-order valence-electron chi connectivity index (χ3n) is 9.35. The van der Waals surface area contributed by atoms with Crippen LogP contribution in [0, 0.1) is 10.8 Å². The van der Waals surface area contributed by atoms with Crippen LogP contribution in [0.15, 0.2) is 54.7 Å². The van der Waals surface area contributed by atoms with Gasteiger partial charge in [0.15, 0.2) is 0 Å². The number of carboxylic acids is 2. The Morgan fingerprint density at radius 2 is 1.26 bits per heavy atom. The van der Waals surface area contributed by atoms with E-state index in [1.54, 1.807) is 33.9 Å². The van der Waals surface area contributed by atoms with Gasteiger partial charge in [0, 0.05) is 37.9 Å². The van der Waals surface area contributed by atoms with Crippen LogP contribution in [0.1, 0.15) is 121 Å².